The van der Waals surface area contributed by atoms with Gasteiger partial charge in [0.2, 0.25) is 0 Å². The lowest BCUT2D eigenvalue weighted by Gasteiger charge is -2.21. The Hall–Kier alpha value is -2.46. The van der Waals surface area contributed by atoms with Crippen molar-refractivity contribution in [1.29, 1.82) is 0 Å². The molecule has 17 nitrogen and oxygen atoms in total. The lowest BCUT2D eigenvalue weighted by Crippen LogP contribution is -2.30. The van der Waals surface area contributed by atoms with Gasteiger partial charge in [-0.1, -0.05) is 277 Å². The van der Waals surface area contributed by atoms with Crippen molar-refractivity contribution in [2.24, 2.45) is 0 Å². The number of carbonyl (C=O) groups excluding carboxylic acids is 4. The Morgan fingerprint density at radius 1 is 0.297 bits per heavy atom. The average Bonchev–Trinajstić information content (AvgIpc) is 3.45. The molecule has 3 N–H and O–H groups in total. The smallest absolute Gasteiger partial charge is 0.462 e. The van der Waals surface area contributed by atoms with Crippen molar-refractivity contribution in [3.63, 3.8) is 0 Å². The van der Waals surface area contributed by atoms with E-state index in [1.165, 1.54) is 161 Å². The van der Waals surface area contributed by atoms with Gasteiger partial charge in [0.15, 0.2) is 12.2 Å². The molecule has 0 saturated heterocycles. The number of esters is 4. The van der Waals surface area contributed by atoms with E-state index in [1.54, 1.807) is 0 Å². The third-order valence-electron chi connectivity index (χ3n) is 16.2. The van der Waals surface area contributed by atoms with Crippen molar-refractivity contribution in [2.45, 2.75) is 373 Å². The lowest BCUT2D eigenvalue weighted by molar-refractivity contribution is -0.161. The quantitative estimate of drug-likeness (QED) is 0.0169. The van der Waals surface area contributed by atoms with E-state index in [4.69, 9.17) is 37.0 Å². The Labute approximate surface area is 554 Å². The highest BCUT2D eigenvalue weighted by Crippen LogP contribution is 2.45. The summed E-state index contributed by atoms with van der Waals surface area (Å²) in [5.41, 5.74) is 0. The number of aliphatic hydroxyl groups excluding tert-OH is 1. The Kier molecular flexibility index (Phi) is 64.4. The molecule has 0 aromatic rings. The number of hydrogen-bond donors (Lipinski definition) is 3. The first-order valence-corrected chi connectivity index (χ1v) is 40.1. The fourth-order valence-electron chi connectivity index (χ4n) is 10.4. The maximum Gasteiger partial charge on any atom is 0.472 e. The minimum atomic E-state index is -4.96. The van der Waals surface area contributed by atoms with E-state index in [-0.39, 0.29) is 25.7 Å². The van der Waals surface area contributed by atoms with Crippen molar-refractivity contribution in [1.82, 2.24) is 0 Å². The summed E-state index contributed by atoms with van der Waals surface area (Å²) in [6.45, 7) is 4.88. The normalized spacial score (nSPS) is 14.1. The molecule has 0 spiro atoms. The zero-order valence-corrected chi connectivity index (χ0v) is 60.1. The van der Waals surface area contributed by atoms with Crippen LogP contribution in [0.1, 0.15) is 355 Å². The molecule has 0 saturated carbocycles. The number of ether oxygens (including phenoxy) is 4. The van der Waals surface area contributed by atoms with E-state index >= 15 is 0 Å². The highest BCUT2D eigenvalue weighted by molar-refractivity contribution is 7.47. The molecule has 0 aromatic heterocycles. The second-order valence-corrected chi connectivity index (χ2v) is 28.2. The Morgan fingerprint density at radius 3 is 0.769 bits per heavy atom. The van der Waals surface area contributed by atoms with E-state index in [2.05, 4.69) is 52.0 Å². The monoisotopic (exact) mass is 1330 g/mol. The van der Waals surface area contributed by atoms with E-state index in [9.17, 15) is 43.2 Å². The predicted molar refractivity (Wildman–Crippen MR) is 368 cm³/mol. The molecular weight excluding hydrogens is 1200 g/mol. The van der Waals surface area contributed by atoms with Crippen LogP contribution in [-0.2, 0) is 65.4 Å². The van der Waals surface area contributed by atoms with Crippen molar-refractivity contribution in [2.75, 3.05) is 39.6 Å². The number of hydrogen-bond acceptors (Lipinski definition) is 15. The third kappa shape index (κ3) is 66.0. The SMILES string of the molecule is CCCCCC/C=C\CCCCCCCC(=O)OC(COC(=O)CCCCCCCCCCCCCC)COP(=O)(O)OCC(O)COP(=O)(O)OCC(COC(=O)CCCCCCCCCCCCCCC)OC(=O)CCCCCCC/C=C\CCCCCC. The molecule has 0 aromatic carbocycles. The molecule has 5 unspecified atom stereocenters. The molecule has 0 fully saturated rings. The Bertz CT molecular complexity index is 1830. The number of allylic oxidation sites excluding steroid dienone is 4. The first-order chi connectivity index (χ1) is 44.2. The number of unbranched alkanes of at least 4 members (excludes halogenated alkanes) is 41. The van der Waals surface area contributed by atoms with Crippen molar-refractivity contribution < 1.29 is 80.2 Å². The van der Waals surface area contributed by atoms with Crippen LogP contribution in [0.5, 0.6) is 0 Å². The average molecular weight is 1340 g/mol. The van der Waals surface area contributed by atoms with Crippen LogP contribution in [0.2, 0.25) is 0 Å². The van der Waals surface area contributed by atoms with Crippen LogP contribution in [0.4, 0.5) is 0 Å². The van der Waals surface area contributed by atoms with Crippen molar-refractivity contribution in [3.8, 4) is 0 Å². The molecule has 5 atom stereocenters. The highest BCUT2D eigenvalue weighted by atomic mass is 31.2. The van der Waals surface area contributed by atoms with Crippen LogP contribution in [0.3, 0.4) is 0 Å². The highest BCUT2D eigenvalue weighted by Gasteiger charge is 2.30. The molecule has 19 heteroatoms. The van der Waals surface area contributed by atoms with Crippen LogP contribution in [0.15, 0.2) is 24.3 Å². The number of carbonyl (C=O) groups is 4. The fourth-order valence-corrected chi connectivity index (χ4v) is 12.0. The lowest BCUT2D eigenvalue weighted by atomic mass is 10.0. The van der Waals surface area contributed by atoms with Gasteiger partial charge in [-0.25, -0.2) is 9.13 Å². The largest absolute Gasteiger partial charge is 0.472 e. The zero-order chi connectivity index (χ0) is 66.8. The van der Waals surface area contributed by atoms with E-state index in [0.717, 1.165) is 116 Å². The standard InChI is InChI=1S/C72H136O17P2/c1-5-9-13-17-21-25-29-33-37-41-45-49-53-57-70(75)83-63-68(89-72(77)59-55-51-47-43-39-35-31-27-23-19-15-11-7-3)65-87-91(80,81)85-61-66(73)60-84-90(78,79)86-64-67(62-82-69(74)56-52-48-44-40-36-32-28-24-20-16-12-8-4)88-71(76)58-54-50-46-42-38-34-30-26-22-18-14-10-6-2/h26-27,30-31,66-68,73H,5-25,28-29,32-65H2,1-4H3,(H,78,79)(H,80,81)/b30-26-,31-27-. The molecular formula is C72H136O17P2. The molecule has 0 amide bonds. The van der Waals surface area contributed by atoms with Crippen LogP contribution in [0, 0.1) is 0 Å². The summed E-state index contributed by atoms with van der Waals surface area (Å²) in [4.78, 5) is 72.6. The van der Waals surface area contributed by atoms with Crippen LogP contribution in [0.25, 0.3) is 0 Å². The summed E-state index contributed by atoms with van der Waals surface area (Å²) in [6.07, 6.45) is 57.4. The summed E-state index contributed by atoms with van der Waals surface area (Å²) in [7, 11) is -9.91. The van der Waals surface area contributed by atoms with Gasteiger partial charge in [0.1, 0.15) is 19.3 Å². The van der Waals surface area contributed by atoms with Gasteiger partial charge in [0.25, 0.3) is 0 Å². The Morgan fingerprint density at radius 2 is 0.505 bits per heavy atom. The zero-order valence-electron chi connectivity index (χ0n) is 58.3. The minimum absolute atomic E-state index is 0.0930. The van der Waals surface area contributed by atoms with E-state index in [1.807, 2.05) is 0 Å². The topological polar surface area (TPSA) is 237 Å². The minimum Gasteiger partial charge on any atom is -0.462 e. The predicted octanol–water partition coefficient (Wildman–Crippen LogP) is 20.6. The van der Waals surface area contributed by atoms with E-state index in [0.29, 0.717) is 25.7 Å². The summed E-state index contributed by atoms with van der Waals surface area (Å²) in [5.74, 6) is -2.15. The van der Waals surface area contributed by atoms with E-state index < -0.39 is 97.5 Å². The molecule has 0 bridgehead atoms. The van der Waals surface area contributed by atoms with Crippen LogP contribution < -0.4 is 0 Å². The fraction of sp³-hybridized carbons (Fsp3) is 0.889. The molecule has 0 aliphatic rings. The summed E-state index contributed by atoms with van der Waals surface area (Å²) in [6, 6.07) is 0. The van der Waals surface area contributed by atoms with Gasteiger partial charge >= 0.3 is 39.5 Å². The summed E-state index contributed by atoms with van der Waals surface area (Å²) < 4.78 is 68.3. The second-order valence-electron chi connectivity index (χ2n) is 25.2. The summed E-state index contributed by atoms with van der Waals surface area (Å²) in [5, 5.41) is 10.6. The molecule has 91 heavy (non-hydrogen) atoms. The maximum absolute atomic E-state index is 13.0. The first-order valence-electron chi connectivity index (χ1n) is 37.1. The third-order valence-corrected chi connectivity index (χ3v) is 18.1. The van der Waals surface area contributed by atoms with Gasteiger partial charge in [-0.3, -0.25) is 37.3 Å². The molecule has 0 heterocycles. The molecule has 536 valence electrons. The molecule has 0 aliphatic carbocycles. The van der Waals surface area contributed by atoms with Crippen molar-refractivity contribution in [3.05, 3.63) is 24.3 Å². The summed E-state index contributed by atoms with van der Waals surface area (Å²) >= 11 is 0. The number of phosphoric acid groups is 2. The van der Waals surface area contributed by atoms with Crippen LogP contribution in [-0.4, -0.2) is 96.7 Å². The van der Waals surface area contributed by atoms with Gasteiger partial charge in [0.05, 0.1) is 26.4 Å². The second kappa shape index (κ2) is 66.2. The van der Waals surface area contributed by atoms with Gasteiger partial charge in [-0.05, 0) is 77.0 Å². The maximum atomic E-state index is 13.0. The first kappa shape index (κ1) is 88.5. The van der Waals surface area contributed by atoms with Gasteiger partial charge in [-0.15, -0.1) is 0 Å². The van der Waals surface area contributed by atoms with Gasteiger partial charge in [-0.2, -0.15) is 0 Å². The molecule has 0 radical (unpaired) electrons. The number of aliphatic hydroxyl groups is 1. The Balaban J connectivity index is 5.29. The molecule has 0 rings (SSSR count). The van der Waals surface area contributed by atoms with Crippen LogP contribution >= 0.6 is 15.6 Å². The number of phosphoric ester groups is 2. The van der Waals surface area contributed by atoms with Gasteiger partial charge in [0, 0.05) is 25.7 Å². The number of rotatable bonds is 71. The van der Waals surface area contributed by atoms with Crippen molar-refractivity contribution >= 4 is 39.5 Å². The van der Waals surface area contributed by atoms with Gasteiger partial charge < -0.3 is 33.8 Å². The molecule has 0 aliphatic heterocycles.